The third-order valence-electron chi connectivity index (χ3n) is 9.66. The van der Waals surface area contributed by atoms with Crippen molar-refractivity contribution in [3.63, 3.8) is 0 Å². The van der Waals surface area contributed by atoms with Gasteiger partial charge in [0.05, 0.1) is 32.3 Å². The molecule has 0 aliphatic carbocycles. The van der Waals surface area contributed by atoms with Crippen molar-refractivity contribution in [1.82, 2.24) is 29.4 Å². The second kappa shape index (κ2) is 33.5. The maximum Gasteiger partial charge on any atom is 0.307 e. The Morgan fingerprint density at radius 1 is 0.500 bits per heavy atom. The maximum absolute atomic E-state index is 12.5. The molecule has 2 rings (SSSR count). The molecule has 2 saturated heterocycles. The first kappa shape index (κ1) is 50.8. The Kier molecular flexibility index (Phi) is 30.4. The van der Waals surface area contributed by atoms with Gasteiger partial charge in [-0.05, 0) is 59.4 Å². The zero-order chi connectivity index (χ0) is 40.6. The van der Waals surface area contributed by atoms with E-state index in [2.05, 4.69) is 43.5 Å². The van der Waals surface area contributed by atoms with Crippen molar-refractivity contribution in [2.75, 3.05) is 182 Å². The van der Waals surface area contributed by atoms with Gasteiger partial charge in [-0.25, -0.2) is 0 Å². The number of rotatable bonds is 33. The summed E-state index contributed by atoms with van der Waals surface area (Å²) >= 11 is 1.65. The molecule has 2 heterocycles. The van der Waals surface area contributed by atoms with Crippen LogP contribution in [0.25, 0.3) is 0 Å². The van der Waals surface area contributed by atoms with Crippen LogP contribution in [0.2, 0.25) is 0 Å². The fourth-order valence-corrected chi connectivity index (χ4v) is 8.01. The minimum Gasteiger partial charge on any atom is -0.465 e. The SMILES string of the molecule is COCCOC(=O)CCN(CCCN1CCN(C)CC1)CCC(=O)OCCSSCCOC(=O)CCN(CCCN1CCN(C)CC1)CCC(=O)OCCSC. The molecular formula is C38H72N6O9S3. The van der Waals surface area contributed by atoms with E-state index in [9.17, 15) is 19.2 Å². The quantitative estimate of drug-likeness (QED) is 0.0412. The molecule has 18 heteroatoms. The van der Waals surface area contributed by atoms with Gasteiger partial charge in [0.15, 0.2) is 0 Å². The Hall–Kier alpha value is -1.35. The van der Waals surface area contributed by atoms with E-state index in [4.69, 9.17) is 23.7 Å². The van der Waals surface area contributed by atoms with Gasteiger partial charge in [0.25, 0.3) is 0 Å². The summed E-state index contributed by atoms with van der Waals surface area (Å²) in [4.78, 5) is 63.4. The molecule has 0 bridgehead atoms. The smallest absolute Gasteiger partial charge is 0.307 e. The molecule has 15 nitrogen and oxygen atoms in total. The highest BCUT2D eigenvalue weighted by Crippen LogP contribution is 2.20. The Morgan fingerprint density at radius 2 is 0.857 bits per heavy atom. The van der Waals surface area contributed by atoms with Gasteiger partial charge in [0.1, 0.15) is 26.4 Å². The number of carbonyl (C=O) groups is 4. The van der Waals surface area contributed by atoms with Crippen molar-refractivity contribution in [1.29, 1.82) is 0 Å². The van der Waals surface area contributed by atoms with Crippen LogP contribution in [0.5, 0.6) is 0 Å². The van der Waals surface area contributed by atoms with E-state index < -0.39 is 0 Å². The summed E-state index contributed by atoms with van der Waals surface area (Å²) in [5.41, 5.74) is 0. The summed E-state index contributed by atoms with van der Waals surface area (Å²) in [6, 6.07) is 0. The summed E-state index contributed by atoms with van der Waals surface area (Å²) in [6.07, 6.45) is 5.04. The molecule has 2 aliphatic heterocycles. The minimum absolute atomic E-state index is 0.200. The second-order valence-corrected chi connectivity index (χ2v) is 17.9. The Balaban J connectivity index is 1.59. The van der Waals surface area contributed by atoms with Gasteiger partial charge in [0.2, 0.25) is 0 Å². The van der Waals surface area contributed by atoms with Gasteiger partial charge in [-0.2, -0.15) is 11.8 Å². The molecule has 2 aliphatic rings. The molecule has 0 unspecified atom stereocenters. The first-order chi connectivity index (χ1) is 27.2. The summed E-state index contributed by atoms with van der Waals surface area (Å²) in [5.74, 6) is 1.10. The van der Waals surface area contributed by atoms with E-state index in [0.29, 0.717) is 70.5 Å². The molecule has 0 atom stereocenters. The van der Waals surface area contributed by atoms with E-state index in [1.807, 2.05) is 6.26 Å². The van der Waals surface area contributed by atoms with Crippen LogP contribution < -0.4 is 0 Å². The number of hydrogen-bond donors (Lipinski definition) is 0. The zero-order valence-corrected chi connectivity index (χ0v) is 37.2. The van der Waals surface area contributed by atoms with Crippen molar-refractivity contribution < 1.29 is 42.9 Å². The average molecular weight is 853 g/mol. The molecule has 0 radical (unpaired) electrons. The lowest BCUT2D eigenvalue weighted by Crippen LogP contribution is -2.45. The molecule has 0 saturated carbocycles. The lowest BCUT2D eigenvalue weighted by Gasteiger charge is -2.33. The highest BCUT2D eigenvalue weighted by Gasteiger charge is 2.18. The largest absolute Gasteiger partial charge is 0.465 e. The van der Waals surface area contributed by atoms with Crippen LogP contribution in [0.1, 0.15) is 38.5 Å². The van der Waals surface area contributed by atoms with Gasteiger partial charge < -0.3 is 53.1 Å². The van der Waals surface area contributed by atoms with Gasteiger partial charge in [0, 0.05) is 103 Å². The van der Waals surface area contributed by atoms with E-state index in [0.717, 1.165) is 97.1 Å². The fourth-order valence-electron chi connectivity index (χ4n) is 6.11. The summed E-state index contributed by atoms with van der Waals surface area (Å²) in [5, 5.41) is 0. The normalized spacial score (nSPS) is 16.0. The van der Waals surface area contributed by atoms with E-state index in [1.165, 1.54) is 0 Å². The molecular weight excluding hydrogens is 781 g/mol. The third kappa shape index (κ3) is 27.4. The van der Waals surface area contributed by atoms with Crippen molar-refractivity contribution >= 4 is 57.2 Å². The molecule has 0 spiro atoms. The summed E-state index contributed by atoms with van der Waals surface area (Å²) in [7, 11) is 9.03. The number of likely N-dealkylation sites (N-methyl/N-ethyl adjacent to an activating group) is 2. The topological polar surface area (TPSA) is 134 Å². The number of thioether (sulfide) groups is 1. The number of hydrogen-bond acceptors (Lipinski definition) is 18. The molecule has 0 N–H and O–H groups in total. The summed E-state index contributed by atoms with van der Waals surface area (Å²) in [6.45, 7) is 16.0. The molecule has 0 aromatic heterocycles. The van der Waals surface area contributed by atoms with Gasteiger partial charge in [-0.3, -0.25) is 19.2 Å². The number of methoxy groups -OCH3 is 1. The van der Waals surface area contributed by atoms with Crippen LogP contribution in [0, 0.1) is 0 Å². The van der Waals surface area contributed by atoms with Crippen LogP contribution in [-0.4, -0.2) is 236 Å². The standard InChI is InChI=1S/C38H72N6O9S3/c1-39-19-23-43(24-20-39)13-5-11-41(15-7-35(45)50-28-27-49-3)17-9-37(47)52-30-33-55-56-34-31-53-38(48)10-18-42(16-8-36(46)51-29-32-54-4)12-6-14-44-25-21-40(2)22-26-44/h5-34H2,1-4H3. The average Bonchev–Trinajstić information content (AvgIpc) is 3.19. The first-order valence-electron chi connectivity index (χ1n) is 20.3. The van der Waals surface area contributed by atoms with Crippen LogP contribution in [0.15, 0.2) is 0 Å². The highest BCUT2D eigenvalue weighted by atomic mass is 33.1. The highest BCUT2D eigenvalue weighted by molar-refractivity contribution is 8.76. The zero-order valence-electron chi connectivity index (χ0n) is 34.8. The monoisotopic (exact) mass is 852 g/mol. The molecule has 2 fully saturated rings. The third-order valence-corrected chi connectivity index (χ3v) is 12.6. The van der Waals surface area contributed by atoms with Crippen molar-refractivity contribution in [2.45, 2.75) is 38.5 Å². The number of nitrogens with zero attached hydrogens (tertiary/aromatic N) is 6. The fraction of sp³-hybridized carbons (Fsp3) is 0.895. The van der Waals surface area contributed by atoms with Gasteiger partial charge in [-0.15, -0.1) is 0 Å². The van der Waals surface area contributed by atoms with Crippen LogP contribution in [-0.2, 0) is 42.9 Å². The molecule has 326 valence electrons. The predicted molar refractivity (Wildman–Crippen MR) is 227 cm³/mol. The molecule has 0 amide bonds. The predicted octanol–water partition coefficient (Wildman–Crippen LogP) is 1.99. The van der Waals surface area contributed by atoms with Gasteiger partial charge in [-0.1, -0.05) is 21.6 Å². The van der Waals surface area contributed by atoms with Gasteiger partial charge >= 0.3 is 23.9 Å². The lowest BCUT2D eigenvalue weighted by atomic mass is 10.2. The van der Waals surface area contributed by atoms with Crippen molar-refractivity contribution in [3.8, 4) is 0 Å². The van der Waals surface area contributed by atoms with E-state index in [1.54, 1.807) is 40.5 Å². The molecule has 56 heavy (non-hydrogen) atoms. The Labute approximate surface area is 349 Å². The van der Waals surface area contributed by atoms with Crippen molar-refractivity contribution in [3.05, 3.63) is 0 Å². The van der Waals surface area contributed by atoms with E-state index in [-0.39, 0.29) is 49.7 Å². The van der Waals surface area contributed by atoms with Crippen LogP contribution in [0.3, 0.4) is 0 Å². The number of piperazine rings is 2. The Morgan fingerprint density at radius 3 is 1.21 bits per heavy atom. The number of ether oxygens (including phenoxy) is 5. The first-order valence-corrected chi connectivity index (χ1v) is 24.2. The van der Waals surface area contributed by atoms with Crippen LogP contribution in [0.4, 0.5) is 0 Å². The minimum atomic E-state index is -0.264. The Bertz CT molecular complexity index is 977. The van der Waals surface area contributed by atoms with E-state index >= 15 is 0 Å². The maximum atomic E-state index is 12.5. The lowest BCUT2D eigenvalue weighted by molar-refractivity contribution is -0.146. The summed E-state index contributed by atoms with van der Waals surface area (Å²) < 4.78 is 26.4. The molecule has 0 aromatic rings. The molecule has 0 aromatic carbocycles. The number of carbonyl (C=O) groups excluding carboxylic acids is 4. The number of esters is 4. The second-order valence-electron chi connectivity index (χ2n) is 14.2. The van der Waals surface area contributed by atoms with Crippen molar-refractivity contribution in [2.24, 2.45) is 0 Å². The van der Waals surface area contributed by atoms with Crippen LogP contribution >= 0.6 is 33.3 Å².